The number of rotatable bonds is 27. The smallest absolute Gasteiger partial charge is 0.862 e. The van der Waals surface area contributed by atoms with Crippen LogP contribution in [0.15, 0.2) is 4.99 Å². The van der Waals surface area contributed by atoms with E-state index >= 15 is 0 Å². The number of carbonyl (C=O) groups is 2. The molecule has 0 saturated carbocycles. The predicted octanol–water partition coefficient (Wildman–Crippen LogP) is 4.33. The van der Waals surface area contributed by atoms with Crippen LogP contribution >= 0.6 is 0 Å². The van der Waals surface area contributed by atoms with E-state index < -0.39 is 12.0 Å². The molecule has 0 unspecified atom stereocenters. The van der Waals surface area contributed by atoms with Gasteiger partial charge in [-0.2, -0.15) is 0 Å². The van der Waals surface area contributed by atoms with Crippen LogP contribution in [0.3, 0.4) is 0 Å². The van der Waals surface area contributed by atoms with Crippen LogP contribution in [0.25, 0.3) is 0 Å². The molecule has 0 aromatic carbocycles. The molecule has 0 aliphatic carbocycles. The van der Waals surface area contributed by atoms with Crippen molar-refractivity contribution < 1.29 is 71.2 Å². The molecule has 7 heteroatoms. The van der Waals surface area contributed by atoms with Gasteiger partial charge in [0.15, 0.2) is 0 Å². The number of nitrogens with one attached hydrogen (secondary N) is 1. The number of nitrogens with zero attached hydrogens (tertiary/aromatic N) is 1. The van der Waals surface area contributed by atoms with E-state index in [9.17, 15) is 19.8 Å². The van der Waals surface area contributed by atoms with Gasteiger partial charge in [-0.1, -0.05) is 117 Å². The molecule has 0 aromatic rings. The summed E-state index contributed by atoms with van der Waals surface area (Å²) in [6, 6.07) is -0.853. The maximum Gasteiger partial charge on any atom is 1.00 e. The topological polar surface area (TPSA) is 102 Å². The van der Waals surface area contributed by atoms with Gasteiger partial charge in [-0.3, -0.25) is 4.79 Å². The second kappa shape index (κ2) is 30.6. The van der Waals surface area contributed by atoms with Crippen molar-refractivity contribution in [2.75, 3.05) is 6.54 Å². The predicted molar refractivity (Wildman–Crippen MR) is 149 cm³/mol. The maximum atomic E-state index is 12.1. The summed E-state index contributed by atoms with van der Waals surface area (Å²) in [4.78, 5) is 27.7. The summed E-state index contributed by atoms with van der Waals surface area (Å²) in [5.41, 5.74) is 0. The normalized spacial score (nSPS) is 12.2. The molecule has 0 rings (SSSR count). The molecule has 0 heterocycles. The molecule has 0 aromatic heterocycles. The van der Waals surface area contributed by atoms with Gasteiger partial charge in [0.1, 0.15) is 6.04 Å². The fraction of sp³-hybridized carbons (Fsp3) is 0.900. The van der Waals surface area contributed by atoms with Crippen LogP contribution in [0.2, 0.25) is 0 Å². The van der Waals surface area contributed by atoms with Gasteiger partial charge in [-0.05, 0) is 44.4 Å². The average molecular weight is 549 g/mol. The Labute approximate surface area is 271 Å². The first-order valence-electron chi connectivity index (χ1n) is 15.2. The molecule has 0 spiro atoms. The first kappa shape index (κ1) is 39.2. The van der Waals surface area contributed by atoms with Crippen molar-refractivity contribution >= 4 is 17.8 Å². The molecule has 1 amide bonds. The van der Waals surface area contributed by atoms with Crippen molar-refractivity contribution in [1.29, 1.82) is 0 Å². The summed E-state index contributed by atoms with van der Waals surface area (Å²) in [6.45, 7) is 4.89. The zero-order chi connectivity index (χ0) is 26.7. The number of carboxylic acid groups (broad SMARTS) is 1. The third kappa shape index (κ3) is 28.9. The number of hydrogen-bond donors (Lipinski definition) is 2. The minimum atomic E-state index is -0.992. The molecule has 0 radical (unpaired) electrons. The zero-order valence-corrected chi connectivity index (χ0v) is 27.8. The van der Waals surface area contributed by atoms with Crippen LogP contribution in [-0.2, 0) is 9.59 Å². The minimum Gasteiger partial charge on any atom is -0.862 e. The Morgan fingerprint density at radius 1 is 0.676 bits per heavy atom. The van der Waals surface area contributed by atoms with Gasteiger partial charge in [0.05, 0.1) is 0 Å². The second-order valence-corrected chi connectivity index (χ2v) is 10.4. The summed E-state index contributed by atoms with van der Waals surface area (Å²) in [7, 11) is 0. The fourth-order valence-corrected chi connectivity index (χ4v) is 4.45. The Balaban J connectivity index is 0. The number of carbonyl (C=O) groups excluding carboxylic acids is 1. The standard InChI is InChI=1S/C30H58N2O4.K/c1-3-5-7-9-11-13-15-17-19-24-28(33)31-26-22-21-23-27(30(35)36)32-29(34)25-20-18-16-14-12-10-8-6-4-2;/h27H,3-26H2,1-2H3,(H,31,33)(H,32,34)(H,35,36);/q;+1/p-1/t27-;/m1./s1. The van der Waals surface area contributed by atoms with Crippen molar-refractivity contribution in [3.05, 3.63) is 0 Å². The largest absolute Gasteiger partial charge is 1.00 e. The van der Waals surface area contributed by atoms with Crippen LogP contribution in [0.5, 0.6) is 0 Å². The molecule has 0 aliphatic rings. The summed E-state index contributed by atoms with van der Waals surface area (Å²) >= 11 is 0. The van der Waals surface area contributed by atoms with Crippen molar-refractivity contribution in [3.63, 3.8) is 0 Å². The SMILES string of the molecule is CCCCCCCCCCCC(=O)N[C@H](CCCCN=C([O-])CCCCCCCCCCC)C(=O)O.[K+]. The van der Waals surface area contributed by atoms with Crippen LogP contribution in [0, 0.1) is 0 Å². The number of amides is 1. The number of carboxylic acids is 1. The Bertz CT molecular complexity index is 558. The molecule has 0 aliphatic heterocycles. The first-order valence-corrected chi connectivity index (χ1v) is 15.2. The van der Waals surface area contributed by atoms with Crippen LogP contribution in [0.4, 0.5) is 0 Å². The van der Waals surface area contributed by atoms with Crippen LogP contribution in [-0.4, -0.2) is 35.5 Å². The number of hydrogen-bond acceptors (Lipinski definition) is 4. The molecule has 6 nitrogen and oxygen atoms in total. The number of unbranched alkanes of at least 4 members (excludes halogenated alkanes) is 17. The summed E-state index contributed by atoms with van der Waals surface area (Å²) < 4.78 is 0. The minimum absolute atomic E-state index is 0. The van der Waals surface area contributed by atoms with E-state index in [0.29, 0.717) is 38.6 Å². The zero-order valence-electron chi connectivity index (χ0n) is 24.7. The Hall–Kier alpha value is 0.0464. The first-order chi connectivity index (χ1) is 17.5. The summed E-state index contributed by atoms with van der Waals surface area (Å²) in [6.07, 6.45) is 24.3. The molecule has 37 heavy (non-hydrogen) atoms. The van der Waals surface area contributed by atoms with E-state index in [1.165, 1.54) is 83.5 Å². The van der Waals surface area contributed by atoms with Gasteiger partial charge < -0.3 is 20.5 Å². The van der Waals surface area contributed by atoms with Gasteiger partial charge in [0.2, 0.25) is 5.91 Å². The van der Waals surface area contributed by atoms with Gasteiger partial charge in [-0.25, -0.2) is 4.79 Å². The van der Waals surface area contributed by atoms with E-state index in [0.717, 1.165) is 32.1 Å². The van der Waals surface area contributed by atoms with Gasteiger partial charge >= 0.3 is 57.4 Å². The van der Waals surface area contributed by atoms with E-state index in [4.69, 9.17) is 0 Å². The molecule has 0 saturated heterocycles. The maximum absolute atomic E-state index is 12.1. The molecular weight excluding hydrogens is 491 g/mol. The van der Waals surface area contributed by atoms with E-state index in [1.807, 2.05) is 0 Å². The van der Waals surface area contributed by atoms with Gasteiger partial charge in [0.25, 0.3) is 0 Å². The van der Waals surface area contributed by atoms with Crippen molar-refractivity contribution in [1.82, 2.24) is 5.32 Å². The monoisotopic (exact) mass is 548 g/mol. The molecule has 0 bridgehead atoms. The van der Waals surface area contributed by atoms with Crippen molar-refractivity contribution in [2.24, 2.45) is 4.99 Å². The third-order valence-corrected chi connectivity index (χ3v) is 6.82. The molecule has 2 N–H and O–H groups in total. The van der Waals surface area contributed by atoms with E-state index in [-0.39, 0.29) is 63.2 Å². The molecular formula is C30H57KN2O4. The molecule has 1 atom stereocenters. The van der Waals surface area contributed by atoms with Crippen LogP contribution in [0.1, 0.15) is 162 Å². The van der Waals surface area contributed by atoms with Gasteiger partial charge in [0, 0.05) is 13.0 Å². The van der Waals surface area contributed by atoms with Crippen LogP contribution < -0.4 is 61.8 Å². The van der Waals surface area contributed by atoms with E-state index in [2.05, 4.69) is 24.2 Å². The number of aliphatic carboxylic acids is 1. The average Bonchev–Trinajstić information content (AvgIpc) is 2.85. The Morgan fingerprint density at radius 2 is 1.11 bits per heavy atom. The Kier molecular flexibility index (Phi) is 32.4. The summed E-state index contributed by atoms with van der Waals surface area (Å²) in [5.74, 6) is -1.21. The van der Waals surface area contributed by atoms with Crippen molar-refractivity contribution in [2.45, 2.75) is 168 Å². The number of aliphatic imine (C=N–C) groups is 1. The summed E-state index contributed by atoms with van der Waals surface area (Å²) in [5, 5.41) is 24.0. The fourth-order valence-electron chi connectivity index (χ4n) is 4.45. The third-order valence-electron chi connectivity index (χ3n) is 6.82. The van der Waals surface area contributed by atoms with E-state index in [1.54, 1.807) is 0 Å². The Morgan fingerprint density at radius 3 is 1.57 bits per heavy atom. The van der Waals surface area contributed by atoms with Crippen molar-refractivity contribution in [3.8, 4) is 0 Å². The molecule has 212 valence electrons. The molecule has 0 fully saturated rings. The quantitative estimate of drug-likeness (QED) is 0.0690. The van der Waals surface area contributed by atoms with Gasteiger partial charge in [-0.15, -0.1) is 0 Å². The second-order valence-electron chi connectivity index (χ2n) is 10.4.